The molecule has 2 amide bonds. The third kappa shape index (κ3) is 3.28. The molecule has 1 aliphatic rings. The lowest BCUT2D eigenvalue weighted by Gasteiger charge is -2.20. The zero-order valence-corrected chi connectivity index (χ0v) is 14.0. The summed E-state index contributed by atoms with van der Waals surface area (Å²) in [7, 11) is 0. The predicted octanol–water partition coefficient (Wildman–Crippen LogP) is 3.35. The maximum Gasteiger partial charge on any atom is 0.251 e. The third-order valence-corrected chi connectivity index (χ3v) is 5.27. The Kier molecular flexibility index (Phi) is 4.42. The monoisotopic (exact) mass is 308 g/mol. The highest BCUT2D eigenvalue weighted by atomic mass is 32.1. The second-order valence-electron chi connectivity index (χ2n) is 6.79. The lowest BCUT2D eigenvalue weighted by Crippen LogP contribution is -2.28. The molecule has 0 aliphatic heterocycles. The Morgan fingerprint density at radius 3 is 2.57 bits per heavy atom. The fourth-order valence-corrected chi connectivity index (χ4v) is 4.00. The van der Waals surface area contributed by atoms with E-state index in [9.17, 15) is 9.59 Å². The average molecular weight is 308 g/mol. The van der Waals surface area contributed by atoms with Gasteiger partial charge in [-0.2, -0.15) is 0 Å². The first-order chi connectivity index (χ1) is 9.74. The Balaban J connectivity index is 2.36. The lowest BCUT2D eigenvalue weighted by molar-refractivity contribution is -0.123. The van der Waals surface area contributed by atoms with E-state index in [0.717, 1.165) is 31.2 Å². The first-order valence-corrected chi connectivity index (χ1v) is 8.31. The van der Waals surface area contributed by atoms with Gasteiger partial charge >= 0.3 is 0 Å². The van der Waals surface area contributed by atoms with E-state index in [1.165, 1.54) is 16.2 Å². The number of carbonyl (C=O) groups is 2. The van der Waals surface area contributed by atoms with Gasteiger partial charge in [-0.1, -0.05) is 34.1 Å². The highest BCUT2D eigenvalue weighted by Crippen LogP contribution is 2.40. The van der Waals surface area contributed by atoms with Gasteiger partial charge in [-0.3, -0.25) is 9.59 Å². The van der Waals surface area contributed by atoms with Gasteiger partial charge in [0.05, 0.1) is 5.56 Å². The van der Waals surface area contributed by atoms with E-state index in [2.05, 4.69) is 12.2 Å². The quantitative estimate of drug-likeness (QED) is 0.899. The molecule has 1 aromatic rings. The summed E-state index contributed by atoms with van der Waals surface area (Å²) in [6, 6.07) is 0. The van der Waals surface area contributed by atoms with Crippen LogP contribution < -0.4 is 11.1 Å². The molecule has 1 heterocycles. The van der Waals surface area contributed by atoms with Crippen molar-refractivity contribution < 1.29 is 9.59 Å². The molecule has 5 heteroatoms. The molecule has 0 radical (unpaired) electrons. The summed E-state index contributed by atoms with van der Waals surface area (Å²) in [5.41, 5.74) is 6.64. The van der Waals surface area contributed by atoms with Crippen molar-refractivity contribution >= 4 is 28.2 Å². The molecule has 0 spiro atoms. The van der Waals surface area contributed by atoms with Crippen LogP contribution in [-0.2, 0) is 17.6 Å². The van der Waals surface area contributed by atoms with Gasteiger partial charge in [-0.15, -0.1) is 11.3 Å². The van der Waals surface area contributed by atoms with E-state index >= 15 is 0 Å². The van der Waals surface area contributed by atoms with Crippen LogP contribution in [0.15, 0.2) is 0 Å². The van der Waals surface area contributed by atoms with Crippen LogP contribution in [0.4, 0.5) is 5.00 Å². The van der Waals surface area contributed by atoms with Crippen LogP contribution in [-0.4, -0.2) is 11.8 Å². The summed E-state index contributed by atoms with van der Waals surface area (Å²) < 4.78 is 0. The first-order valence-electron chi connectivity index (χ1n) is 7.49. The molecule has 0 saturated heterocycles. The molecule has 0 saturated carbocycles. The van der Waals surface area contributed by atoms with Crippen LogP contribution in [0.2, 0.25) is 0 Å². The number of rotatable bonds is 3. The standard InChI is InChI=1S/C16H24N2O2S/c1-5-9-6-7-10-11(8-9)21-14(12(10)13(17)19)18-15(20)16(2,3)4/h9H,5-8H2,1-4H3,(H2,17,19)(H,18,20)/t9-/m0/s1. The van der Waals surface area contributed by atoms with E-state index in [0.29, 0.717) is 16.5 Å². The Morgan fingerprint density at radius 2 is 2.05 bits per heavy atom. The molecule has 1 atom stereocenters. The minimum absolute atomic E-state index is 0.0874. The number of primary amides is 1. The number of hydrogen-bond acceptors (Lipinski definition) is 3. The summed E-state index contributed by atoms with van der Waals surface area (Å²) in [5.74, 6) is 0.144. The van der Waals surface area contributed by atoms with E-state index in [1.807, 2.05) is 20.8 Å². The molecular weight excluding hydrogens is 284 g/mol. The fourth-order valence-electron chi connectivity index (χ4n) is 2.64. The summed E-state index contributed by atoms with van der Waals surface area (Å²) in [6.07, 6.45) is 4.11. The zero-order chi connectivity index (χ0) is 15.8. The molecule has 1 aliphatic carbocycles. The second-order valence-corrected chi connectivity index (χ2v) is 7.90. The first kappa shape index (κ1) is 16.0. The van der Waals surface area contributed by atoms with Gasteiger partial charge in [0.1, 0.15) is 5.00 Å². The van der Waals surface area contributed by atoms with Crippen LogP contribution in [0, 0.1) is 11.3 Å². The largest absolute Gasteiger partial charge is 0.365 e. The molecule has 0 fully saturated rings. The smallest absolute Gasteiger partial charge is 0.251 e. The van der Waals surface area contributed by atoms with Gasteiger partial charge < -0.3 is 11.1 Å². The summed E-state index contributed by atoms with van der Waals surface area (Å²) in [4.78, 5) is 25.2. The maximum atomic E-state index is 12.2. The molecule has 0 bridgehead atoms. The van der Waals surface area contributed by atoms with Crippen molar-refractivity contribution in [1.82, 2.24) is 0 Å². The summed E-state index contributed by atoms with van der Waals surface area (Å²) in [6.45, 7) is 7.76. The number of fused-ring (bicyclic) bond motifs is 1. The van der Waals surface area contributed by atoms with Gasteiger partial charge in [0.15, 0.2) is 0 Å². The average Bonchev–Trinajstić information content (AvgIpc) is 2.74. The predicted molar refractivity (Wildman–Crippen MR) is 86.7 cm³/mol. The Bertz CT molecular complexity index is 570. The lowest BCUT2D eigenvalue weighted by atomic mass is 9.85. The zero-order valence-electron chi connectivity index (χ0n) is 13.2. The third-order valence-electron chi connectivity index (χ3n) is 4.10. The van der Waals surface area contributed by atoms with E-state index in [1.54, 1.807) is 0 Å². The molecule has 0 aromatic carbocycles. The van der Waals surface area contributed by atoms with Crippen LogP contribution in [0.5, 0.6) is 0 Å². The van der Waals surface area contributed by atoms with E-state index in [4.69, 9.17) is 5.73 Å². The minimum Gasteiger partial charge on any atom is -0.365 e. The topological polar surface area (TPSA) is 72.2 Å². The maximum absolute atomic E-state index is 12.2. The summed E-state index contributed by atoms with van der Waals surface area (Å²) >= 11 is 1.52. The van der Waals surface area contributed by atoms with Gasteiger partial charge in [0, 0.05) is 10.3 Å². The van der Waals surface area contributed by atoms with Gasteiger partial charge in [0.25, 0.3) is 5.91 Å². The minimum atomic E-state index is -0.495. The Labute approximate surface area is 130 Å². The van der Waals surface area contributed by atoms with Crippen molar-refractivity contribution in [3.8, 4) is 0 Å². The number of amides is 2. The number of anilines is 1. The number of nitrogens with one attached hydrogen (secondary N) is 1. The number of nitrogens with two attached hydrogens (primary N) is 1. The summed E-state index contributed by atoms with van der Waals surface area (Å²) in [5, 5.41) is 3.53. The van der Waals surface area contributed by atoms with Gasteiger partial charge in [-0.25, -0.2) is 0 Å². The van der Waals surface area contributed by atoms with Crippen molar-refractivity contribution in [3.63, 3.8) is 0 Å². The Morgan fingerprint density at radius 1 is 1.38 bits per heavy atom. The van der Waals surface area contributed by atoms with Crippen molar-refractivity contribution in [3.05, 3.63) is 16.0 Å². The van der Waals surface area contributed by atoms with Crippen LogP contribution in [0.25, 0.3) is 0 Å². The number of hydrogen-bond donors (Lipinski definition) is 2. The normalized spacial score (nSPS) is 18.2. The van der Waals surface area contributed by atoms with Crippen molar-refractivity contribution in [2.45, 2.75) is 53.4 Å². The SMILES string of the molecule is CC[C@H]1CCc2c(sc(NC(=O)C(C)(C)C)c2C(N)=O)C1. The Hall–Kier alpha value is -1.36. The molecule has 1 aromatic heterocycles. The number of thiophene rings is 1. The van der Waals surface area contributed by atoms with Gasteiger partial charge in [0.2, 0.25) is 5.91 Å². The molecule has 0 unspecified atom stereocenters. The van der Waals surface area contributed by atoms with E-state index < -0.39 is 11.3 Å². The molecule has 21 heavy (non-hydrogen) atoms. The van der Waals surface area contributed by atoms with Crippen LogP contribution in [0.3, 0.4) is 0 Å². The van der Waals surface area contributed by atoms with Crippen molar-refractivity contribution in [2.24, 2.45) is 17.1 Å². The second kappa shape index (κ2) is 5.79. The highest BCUT2D eigenvalue weighted by molar-refractivity contribution is 7.17. The van der Waals surface area contributed by atoms with Crippen LogP contribution >= 0.6 is 11.3 Å². The molecule has 4 nitrogen and oxygen atoms in total. The van der Waals surface area contributed by atoms with E-state index in [-0.39, 0.29) is 5.91 Å². The van der Waals surface area contributed by atoms with Crippen molar-refractivity contribution in [2.75, 3.05) is 5.32 Å². The molecular formula is C16H24N2O2S. The van der Waals surface area contributed by atoms with Gasteiger partial charge in [-0.05, 0) is 30.7 Å². The molecule has 116 valence electrons. The fraction of sp³-hybridized carbons (Fsp3) is 0.625. The number of carbonyl (C=O) groups excluding carboxylic acids is 2. The van der Waals surface area contributed by atoms with Crippen molar-refractivity contribution in [1.29, 1.82) is 0 Å². The van der Waals surface area contributed by atoms with Crippen LogP contribution in [0.1, 0.15) is 61.3 Å². The highest BCUT2D eigenvalue weighted by Gasteiger charge is 2.30. The molecule has 2 rings (SSSR count). The molecule has 3 N–H and O–H groups in total.